The van der Waals surface area contributed by atoms with Crippen molar-refractivity contribution in [2.24, 2.45) is 0 Å². The number of piperidine rings is 1. The maximum absolute atomic E-state index is 9.86. The summed E-state index contributed by atoms with van der Waals surface area (Å²) in [5, 5.41) is 19.0. The molecule has 1 unspecified atom stereocenters. The van der Waals surface area contributed by atoms with Crippen molar-refractivity contribution < 1.29 is 5.11 Å². The normalized spacial score (nSPS) is 29.4. The zero-order valence-corrected chi connectivity index (χ0v) is 11.4. The number of aliphatic hydroxyl groups excluding tert-OH is 1. The van der Waals surface area contributed by atoms with Gasteiger partial charge in [0.2, 0.25) is 0 Å². The molecule has 0 radical (unpaired) electrons. The lowest BCUT2D eigenvalue weighted by Crippen LogP contribution is -2.45. The molecule has 1 N–H and O–H groups in total. The maximum atomic E-state index is 9.86. The zero-order valence-electron chi connectivity index (χ0n) is 11.4. The highest BCUT2D eigenvalue weighted by Gasteiger charge is 2.40. The summed E-state index contributed by atoms with van der Waals surface area (Å²) < 4.78 is 0. The van der Waals surface area contributed by atoms with Crippen molar-refractivity contribution in [1.82, 2.24) is 4.98 Å². The molecule has 1 aromatic rings. The van der Waals surface area contributed by atoms with E-state index in [0.717, 1.165) is 42.8 Å². The Bertz CT molecular complexity index is 512. The van der Waals surface area contributed by atoms with E-state index in [1.165, 1.54) is 0 Å². The number of rotatable bonds is 1. The van der Waals surface area contributed by atoms with E-state index in [0.29, 0.717) is 17.6 Å². The number of nitriles is 1. The van der Waals surface area contributed by atoms with Crippen LogP contribution in [-0.4, -0.2) is 28.3 Å². The van der Waals surface area contributed by atoms with Gasteiger partial charge in [0.1, 0.15) is 11.9 Å². The van der Waals surface area contributed by atoms with Crippen LogP contribution in [0.25, 0.3) is 0 Å². The highest BCUT2D eigenvalue weighted by Crippen LogP contribution is 2.39. The Morgan fingerprint density at radius 3 is 2.47 bits per heavy atom. The van der Waals surface area contributed by atoms with Crippen LogP contribution in [0.2, 0.25) is 0 Å². The number of pyridine rings is 1. The van der Waals surface area contributed by atoms with Crippen molar-refractivity contribution >= 4 is 5.82 Å². The Labute approximate surface area is 113 Å². The Morgan fingerprint density at radius 2 is 1.95 bits per heavy atom. The second kappa shape index (κ2) is 4.50. The molecule has 0 saturated carbocycles. The average Bonchev–Trinajstić information content (AvgIpc) is 2.61. The van der Waals surface area contributed by atoms with Gasteiger partial charge < -0.3 is 10.0 Å². The van der Waals surface area contributed by atoms with Crippen molar-refractivity contribution in [3.05, 3.63) is 22.9 Å². The van der Waals surface area contributed by atoms with Gasteiger partial charge in [-0.3, -0.25) is 0 Å². The van der Waals surface area contributed by atoms with Crippen molar-refractivity contribution in [2.75, 3.05) is 4.90 Å². The molecule has 0 aliphatic carbocycles. The first kappa shape index (κ1) is 12.4. The summed E-state index contributed by atoms with van der Waals surface area (Å²) >= 11 is 0. The van der Waals surface area contributed by atoms with Crippen LogP contribution < -0.4 is 4.90 Å². The molecule has 0 aromatic carbocycles. The van der Waals surface area contributed by atoms with Crippen LogP contribution >= 0.6 is 0 Å². The van der Waals surface area contributed by atoms with Crippen molar-refractivity contribution in [3.8, 4) is 6.07 Å². The first-order valence-electron chi connectivity index (χ1n) is 6.95. The topological polar surface area (TPSA) is 60.1 Å². The van der Waals surface area contributed by atoms with Crippen LogP contribution in [-0.2, 0) is 0 Å². The zero-order chi connectivity index (χ0) is 13.6. The highest BCUT2D eigenvalue weighted by atomic mass is 16.3. The summed E-state index contributed by atoms with van der Waals surface area (Å²) in [6, 6.07) is 5.06. The van der Waals surface area contributed by atoms with Crippen LogP contribution in [0.15, 0.2) is 6.07 Å². The quantitative estimate of drug-likeness (QED) is 0.836. The third-order valence-electron chi connectivity index (χ3n) is 4.47. The fourth-order valence-electron chi connectivity index (χ4n) is 3.63. The molecule has 2 saturated heterocycles. The molecule has 19 heavy (non-hydrogen) atoms. The molecule has 2 aliphatic heterocycles. The lowest BCUT2D eigenvalue weighted by atomic mass is 9.99. The van der Waals surface area contributed by atoms with Gasteiger partial charge in [0.15, 0.2) is 0 Å². The minimum atomic E-state index is -0.158. The van der Waals surface area contributed by atoms with Crippen molar-refractivity contribution in [1.29, 1.82) is 5.26 Å². The summed E-state index contributed by atoms with van der Waals surface area (Å²) in [7, 11) is 0. The lowest BCUT2D eigenvalue weighted by Gasteiger charge is -2.38. The van der Waals surface area contributed by atoms with Crippen molar-refractivity contribution in [3.63, 3.8) is 0 Å². The number of aryl methyl sites for hydroxylation is 2. The number of aliphatic hydroxyl groups is 1. The van der Waals surface area contributed by atoms with Crippen LogP contribution in [0.3, 0.4) is 0 Å². The largest absolute Gasteiger partial charge is 0.393 e. The van der Waals surface area contributed by atoms with Gasteiger partial charge in [-0.05, 0) is 51.2 Å². The minimum Gasteiger partial charge on any atom is -0.393 e. The van der Waals surface area contributed by atoms with E-state index in [4.69, 9.17) is 5.26 Å². The number of aromatic nitrogens is 1. The smallest absolute Gasteiger partial charge is 0.129 e. The predicted octanol–water partition coefficient (Wildman–Crippen LogP) is 2.06. The van der Waals surface area contributed by atoms with Gasteiger partial charge in [-0.15, -0.1) is 0 Å². The van der Waals surface area contributed by atoms with E-state index in [-0.39, 0.29) is 6.10 Å². The fourth-order valence-corrected chi connectivity index (χ4v) is 3.63. The molecule has 3 heterocycles. The molecule has 4 heteroatoms. The van der Waals surface area contributed by atoms with Gasteiger partial charge in [-0.2, -0.15) is 5.26 Å². The first-order valence-corrected chi connectivity index (χ1v) is 6.95. The average molecular weight is 257 g/mol. The number of hydrogen-bond acceptors (Lipinski definition) is 4. The van der Waals surface area contributed by atoms with Crippen molar-refractivity contribution in [2.45, 2.75) is 57.7 Å². The van der Waals surface area contributed by atoms with Gasteiger partial charge in [0.25, 0.3) is 0 Å². The Kier molecular flexibility index (Phi) is 2.94. The molecule has 0 spiro atoms. The molecule has 2 aliphatic rings. The molecule has 0 amide bonds. The SMILES string of the molecule is Cc1cc(N2[C@@H]3CC[C@H]2CC(O)C3)nc(C)c1C#N. The minimum absolute atomic E-state index is 0.158. The molecule has 2 fully saturated rings. The van der Waals surface area contributed by atoms with Crippen LogP contribution in [0.5, 0.6) is 0 Å². The van der Waals surface area contributed by atoms with Crippen LogP contribution in [0.4, 0.5) is 5.82 Å². The van der Waals surface area contributed by atoms with E-state index in [1.54, 1.807) is 0 Å². The van der Waals surface area contributed by atoms with E-state index < -0.39 is 0 Å². The van der Waals surface area contributed by atoms with Crippen LogP contribution in [0, 0.1) is 25.2 Å². The van der Waals surface area contributed by atoms with E-state index in [9.17, 15) is 5.11 Å². The summed E-state index contributed by atoms with van der Waals surface area (Å²) in [6.45, 7) is 3.87. The third kappa shape index (κ3) is 1.98. The fraction of sp³-hybridized carbons (Fsp3) is 0.600. The Balaban J connectivity index is 1.98. The van der Waals surface area contributed by atoms with E-state index in [1.807, 2.05) is 19.9 Å². The molecule has 3 rings (SSSR count). The van der Waals surface area contributed by atoms with Crippen LogP contribution in [0.1, 0.15) is 42.5 Å². The molecule has 1 aromatic heterocycles. The molecular weight excluding hydrogens is 238 g/mol. The second-order valence-corrected chi connectivity index (χ2v) is 5.79. The van der Waals surface area contributed by atoms with Gasteiger partial charge in [0.05, 0.1) is 17.4 Å². The third-order valence-corrected chi connectivity index (χ3v) is 4.47. The number of anilines is 1. The number of hydrogen-bond donors (Lipinski definition) is 1. The van der Waals surface area contributed by atoms with Gasteiger partial charge in [-0.1, -0.05) is 0 Å². The number of fused-ring (bicyclic) bond motifs is 2. The van der Waals surface area contributed by atoms with E-state index in [2.05, 4.69) is 16.0 Å². The Hall–Kier alpha value is -1.60. The summed E-state index contributed by atoms with van der Waals surface area (Å²) in [6.07, 6.45) is 3.81. The monoisotopic (exact) mass is 257 g/mol. The second-order valence-electron chi connectivity index (χ2n) is 5.79. The summed E-state index contributed by atoms with van der Waals surface area (Å²) in [5.41, 5.74) is 2.49. The maximum Gasteiger partial charge on any atom is 0.129 e. The highest BCUT2D eigenvalue weighted by molar-refractivity contribution is 5.52. The summed E-state index contributed by atoms with van der Waals surface area (Å²) in [5.74, 6) is 0.980. The molecule has 3 atom stereocenters. The Morgan fingerprint density at radius 1 is 1.32 bits per heavy atom. The first-order chi connectivity index (χ1) is 9.10. The number of nitrogens with zero attached hydrogens (tertiary/aromatic N) is 3. The predicted molar refractivity (Wildman–Crippen MR) is 73.0 cm³/mol. The lowest BCUT2D eigenvalue weighted by molar-refractivity contribution is 0.126. The molecule has 2 bridgehead atoms. The molecular formula is C15H19N3O. The van der Waals surface area contributed by atoms with Gasteiger partial charge in [-0.25, -0.2) is 4.98 Å². The molecule has 100 valence electrons. The molecule has 4 nitrogen and oxygen atoms in total. The summed E-state index contributed by atoms with van der Waals surface area (Å²) in [4.78, 5) is 6.99. The van der Waals surface area contributed by atoms with Gasteiger partial charge >= 0.3 is 0 Å². The standard InChI is InChI=1S/C15H19N3O/c1-9-5-15(17-10(2)14(9)8-16)18-11-3-4-12(18)7-13(19)6-11/h5,11-13,19H,3-4,6-7H2,1-2H3/t11-,12+,13?. The van der Waals surface area contributed by atoms with E-state index >= 15 is 0 Å². The van der Waals surface area contributed by atoms with Gasteiger partial charge in [0, 0.05) is 12.1 Å².